The zero-order valence-electron chi connectivity index (χ0n) is 8.44. The molecule has 6 heteroatoms. The monoisotopic (exact) mass is 228 g/mol. The summed E-state index contributed by atoms with van der Waals surface area (Å²) in [7, 11) is 0. The van der Waals surface area contributed by atoms with Gasteiger partial charge in [-0.3, -0.25) is 4.79 Å². The molecule has 1 N–H and O–H groups in total. The quantitative estimate of drug-likeness (QED) is 0.371. The number of rotatable bonds is 3. The van der Waals surface area contributed by atoms with Crippen LogP contribution >= 0.6 is 0 Å². The number of carbonyl (C=O) groups is 2. The summed E-state index contributed by atoms with van der Waals surface area (Å²) in [6.45, 7) is 0.390. The van der Waals surface area contributed by atoms with Gasteiger partial charge in [0.25, 0.3) is 0 Å². The van der Waals surface area contributed by atoms with E-state index in [9.17, 15) is 14.7 Å². The Morgan fingerprint density at radius 3 is 2.81 bits per heavy atom. The lowest BCUT2D eigenvalue weighted by molar-refractivity contribution is -0.147. The normalized spacial score (nSPS) is 37.6. The van der Waals surface area contributed by atoms with Crippen molar-refractivity contribution in [2.75, 3.05) is 13.2 Å². The van der Waals surface area contributed by atoms with Gasteiger partial charge >= 0.3 is 5.97 Å². The van der Waals surface area contributed by atoms with Crippen LogP contribution in [-0.4, -0.2) is 55.0 Å². The lowest BCUT2D eigenvalue weighted by Crippen LogP contribution is -2.33. The van der Waals surface area contributed by atoms with E-state index in [0.717, 1.165) is 12.2 Å². The van der Waals surface area contributed by atoms with Gasteiger partial charge in [0.2, 0.25) is 0 Å². The third-order valence-corrected chi connectivity index (χ3v) is 2.56. The van der Waals surface area contributed by atoms with Crippen molar-refractivity contribution in [1.82, 2.24) is 0 Å². The number of fused-ring (bicyclic) bond motifs is 1. The van der Waals surface area contributed by atoms with Gasteiger partial charge in [-0.15, -0.1) is 0 Å². The van der Waals surface area contributed by atoms with Crippen molar-refractivity contribution in [2.24, 2.45) is 0 Å². The van der Waals surface area contributed by atoms with Gasteiger partial charge in [-0.25, -0.2) is 4.79 Å². The van der Waals surface area contributed by atoms with Crippen molar-refractivity contribution in [3.05, 3.63) is 12.2 Å². The Kier molecular flexibility index (Phi) is 3.33. The lowest BCUT2D eigenvalue weighted by Gasteiger charge is -2.15. The van der Waals surface area contributed by atoms with Gasteiger partial charge in [0.15, 0.2) is 6.10 Å². The standard InChI is InChI=1S/C10H12O6/c11-3-1-2-8(13)16-7-5-15-9-6(12)4-14-10(7)9/h1-3,6-7,9-10,12H,4-5H2/b2-1-/t6-,7+,9-,10-/m1/s1. The van der Waals surface area contributed by atoms with Crippen LogP contribution in [0.5, 0.6) is 0 Å². The summed E-state index contributed by atoms with van der Waals surface area (Å²) < 4.78 is 15.6. The van der Waals surface area contributed by atoms with Crippen molar-refractivity contribution in [3.63, 3.8) is 0 Å². The van der Waals surface area contributed by atoms with Gasteiger partial charge < -0.3 is 19.3 Å². The van der Waals surface area contributed by atoms with Crippen molar-refractivity contribution in [3.8, 4) is 0 Å². The zero-order chi connectivity index (χ0) is 11.5. The van der Waals surface area contributed by atoms with Crippen LogP contribution in [0.25, 0.3) is 0 Å². The molecule has 0 aliphatic carbocycles. The van der Waals surface area contributed by atoms with Crippen LogP contribution in [0.4, 0.5) is 0 Å². The number of allylic oxidation sites excluding steroid dienone is 1. The minimum atomic E-state index is -0.667. The highest BCUT2D eigenvalue weighted by Gasteiger charge is 2.48. The fourth-order valence-corrected chi connectivity index (χ4v) is 1.85. The summed E-state index contributed by atoms with van der Waals surface area (Å²) >= 11 is 0. The second kappa shape index (κ2) is 4.73. The van der Waals surface area contributed by atoms with E-state index in [1.54, 1.807) is 0 Å². The minimum Gasteiger partial charge on any atom is -0.454 e. The zero-order valence-corrected chi connectivity index (χ0v) is 8.44. The number of esters is 1. The van der Waals surface area contributed by atoms with E-state index < -0.39 is 30.4 Å². The van der Waals surface area contributed by atoms with Gasteiger partial charge in [-0.1, -0.05) is 0 Å². The molecule has 6 nitrogen and oxygen atoms in total. The fourth-order valence-electron chi connectivity index (χ4n) is 1.85. The second-order valence-electron chi connectivity index (χ2n) is 3.63. The van der Waals surface area contributed by atoms with Gasteiger partial charge in [0.05, 0.1) is 13.2 Å². The molecular weight excluding hydrogens is 216 g/mol. The summed E-state index contributed by atoms with van der Waals surface area (Å²) in [5, 5.41) is 9.44. The Morgan fingerprint density at radius 2 is 2.06 bits per heavy atom. The number of aliphatic hydroxyl groups excluding tert-OH is 1. The van der Waals surface area contributed by atoms with E-state index in [1.165, 1.54) is 0 Å². The third-order valence-electron chi connectivity index (χ3n) is 2.56. The SMILES string of the molecule is O=C/C=C\C(=O)O[C@H]1CO[C@H]2[C@@H]1OC[C@H]2O. The number of hydrogen-bond donors (Lipinski definition) is 1. The maximum atomic E-state index is 11.2. The first-order valence-corrected chi connectivity index (χ1v) is 4.96. The molecule has 16 heavy (non-hydrogen) atoms. The van der Waals surface area contributed by atoms with Crippen molar-refractivity contribution >= 4 is 12.3 Å². The number of ether oxygens (including phenoxy) is 3. The molecule has 2 heterocycles. The first-order chi connectivity index (χ1) is 7.72. The second-order valence-corrected chi connectivity index (χ2v) is 3.63. The summed E-state index contributed by atoms with van der Waals surface area (Å²) in [6, 6.07) is 0. The molecule has 0 amide bonds. The topological polar surface area (TPSA) is 82.1 Å². The molecule has 0 saturated carbocycles. The van der Waals surface area contributed by atoms with Crippen LogP contribution in [0.2, 0.25) is 0 Å². The molecule has 2 fully saturated rings. The van der Waals surface area contributed by atoms with Crippen LogP contribution < -0.4 is 0 Å². The van der Waals surface area contributed by atoms with E-state index in [0.29, 0.717) is 6.29 Å². The van der Waals surface area contributed by atoms with Crippen LogP contribution in [0.15, 0.2) is 12.2 Å². The maximum Gasteiger partial charge on any atom is 0.331 e. The van der Waals surface area contributed by atoms with Crippen LogP contribution in [-0.2, 0) is 23.8 Å². The van der Waals surface area contributed by atoms with Crippen molar-refractivity contribution in [1.29, 1.82) is 0 Å². The average molecular weight is 228 g/mol. The maximum absolute atomic E-state index is 11.2. The molecule has 2 aliphatic heterocycles. The molecule has 88 valence electrons. The van der Waals surface area contributed by atoms with Crippen molar-refractivity contribution in [2.45, 2.75) is 24.4 Å². The molecule has 0 aromatic carbocycles. The Balaban J connectivity index is 1.90. The summed E-state index contributed by atoms with van der Waals surface area (Å²) in [6.07, 6.45) is 0.554. The molecule has 0 bridgehead atoms. The van der Waals surface area contributed by atoms with Gasteiger partial charge in [-0.2, -0.15) is 0 Å². The van der Waals surface area contributed by atoms with E-state index in [-0.39, 0.29) is 13.2 Å². The third kappa shape index (κ3) is 2.13. The van der Waals surface area contributed by atoms with Crippen LogP contribution in [0, 0.1) is 0 Å². The molecule has 2 rings (SSSR count). The molecule has 0 unspecified atom stereocenters. The first kappa shape index (κ1) is 11.3. The molecule has 2 aliphatic rings. The van der Waals surface area contributed by atoms with E-state index in [2.05, 4.69) is 0 Å². The van der Waals surface area contributed by atoms with E-state index in [4.69, 9.17) is 14.2 Å². The average Bonchev–Trinajstić information content (AvgIpc) is 2.81. The number of carbonyl (C=O) groups excluding carboxylic acids is 2. The molecule has 0 spiro atoms. The number of hydrogen-bond acceptors (Lipinski definition) is 6. The Bertz CT molecular complexity index is 312. The highest BCUT2D eigenvalue weighted by Crippen LogP contribution is 2.28. The molecular formula is C10H12O6. The molecule has 0 aromatic heterocycles. The summed E-state index contributed by atoms with van der Waals surface area (Å²) in [4.78, 5) is 21.2. The van der Waals surface area contributed by atoms with E-state index >= 15 is 0 Å². The van der Waals surface area contributed by atoms with Crippen LogP contribution in [0.3, 0.4) is 0 Å². The smallest absolute Gasteiger partial charge is 0.331 e. The van der Waals surface area contributed by atoms with Crippen LogP contribution in [0.1, 0.15) is 0 Å². The molecule has 0 aromatic rings. The number of aliphatic hydroxyl groups is 1. The number of aldehydes is 1. The summed E-state index contributed by atoms with van der Waals surface area (Å²) in [5.74, 6) is -0.619. The predicted octanol–water partition coefficient (Wildman–Crippen LogP) is -1.19. The Morgan fingerprint density at radius 1 is 1.31 bits per heavy atom. The Hall–Kier alpha value is -1.24. The minimum absolute atomic E-state index is 0.188. The first-order valence-electron chi connectivity index (χ1n) is 4.96. The lowest BCUT2D eigenvalue weighted by atomic mass is 10.1. The van der Waals surface area contributed by atoms with Gasteiger partial charge in [-0.05, 0) is 6.08 Å². The molecule has 2 saturated heterocycles. The van der Waals surface area contributed by atoms with Gasteiger partial charge in [0.1, 0.15) is 24.6 Å². The van der Waals surface area contributed by atoms with Crippen molar-refractivity contribution < 1.29 is 28.9 Å². The molecule has 0 radical (unpaired) electrons. The highest BCUT2D eigenvalue weighted by atomic mass is 16.6. The predicted molar refractivity (Wildman–Crippen MR) is 50.6 cm³/mol. The van der Waals surface area contributed by atoms with E-state index in [1.807, 2.05) is 0 Å². The fraction of sp³-hybridized carbons (Fsp3) is 0.600. The highest BCUT2D eigenvalue weighted by molar-refractivity contribution is 5.86. The summed E-state index contributed by atoms with van der Waals surface area (Å²) in [5.41, 5.74) is 0. The Labute approximate surface area is 91.8 Å². The molecule has 4 atom stereocenters. The van der Waals surface area contributed by atoms with Gasteiger partial charge in [0, 0.05) is 6.08 Å². The largest absolute Gasteiger partial charge is 0.454 e.